The van der Waals surface area contributed by atoms with Crippen molar-refractivity contribution in [2.75, 3.05) is 39.3 Å². The fourth-order valence-corrected chi connectivity index (χ4v) is 2.22. The summed E-state index contributed by atoms with van der Waals surface area (Å²) in [4.78, 5) is 2.62. The molecular formula is C11H23N3. The Bertz CT molecular complexity index is 151. The van der Waals surface area contributed by atoms with Gasteiger partial charge in [0.15, 0.2) is 0 Å². The summed E-state index contributed by atoms with van der Waals surface area (Å²) in [6.45, 7) is 7.51. The molecule has 14 heavy (non-hydrogen) atoms. The van der Waals surface area contributed by atoms with Gasteiger partial charge >= 0.3 is 0 Å². The number of hydrogen-bond donors (Lipinski definition) is 2. The highest BCUT2D eigenvalue weighted by molar-refractivity contribution is 4.81. The maximum absolute atomic E-state index is 3.57. The van der Waals surface area contributed by atoms with E-state index in [4.69, 9.17) is 0 Å². The van der Waals surface area contributed by atoms with Crippen LogP contribution in [0.3, 0.4) is 0 Å². The van der Waals surface area contributed by atoms with Crippen molar-refractivity contribution in [3.05, 3.63) is 0 Å². The summed E-state index contributed by atoms with van der Waals surface area (Å²) in [6.07, 6.45) is 5.60. The fraction of sp³-hybridized carbons (Fsp3) is 1.00. The standard InChI is InChI=1S/C11H23N3/c1-2-6-14(7-3-1)8-4-5-13-11-9-12-10-11/h11-13H,1-10H2. The lowest BCUT2D eigenvalue weighted by Gasteiger charge is -2.29. The van der Waals surface area contributed by atoms with E-state index in [1.807, 2.05) is 0 Å². The number of piperidine rings is 1. The number of likely N-dealkylation sites (tertiary alicyclic amines) is 1. The van der Waals surface area contributed by atoms with Crippen molar-refractivity contribution in [3.8, 4) is 0 Å². The monoisotopic (exact) mass is 197 g/mol. The highest BCUT2D eigenvalue weighted by Gasteiger charge is 2.15. The van der Waals surface area contributed by atoms with Gasteiger partial charge in [-0.1, -0.05) is 6.42 Å². The van der Waals surface area contributed by atoms with Crippen LogP contribution in [0.2, 0.25) is 0 Å². The smallest absolute Gasteiger partial charge is 0.0317 e. The minimum atomic E-state index is 0.761. The van der Waals surface area contributed by atoms with E-state index in [1.54, 1.807) is 0 Å². The van der Waals surface area contributed by atoms with Crippen LogP contribution in [0.1, 0.15) is 25.7 Å². The van der Waals surface area contributed by atoms with Crippen LogP contribution in [-0.2, 0) is 0 Å². The Balaban J connectivity index is 1.45. The van der Waals surface area contributed by atoms with Crippen LogP contribution in [0, 0.1) is 0 Å². The molecular weight excluding hydrogens is 174 g/mol. The fourth-order valence-electron chi connectivity index (χ4n) is 2.22. The maximum Gasteiger partial charge on any atom is 0.0317 e. The Morgan fingerprint density at radius 2 is 1.93 bits per heavy atom. The highest BCUT2D eigenvalue weighted by Crippen LogP contribution is 2.08. The normalized spacial score (nSPS) is 24.9. The van der Waals surface area contributed by atoms with E-state index in [2.05, 4.69) is 15.5 Å². The Kier molecular flexibility index (Phi) is 4.22. The summed E-state index contributed by atoms with van der Waals surface area (Å²) in [5, 5.41) is 6.85. The molecule has 0 saturated carbocycles. The Hall–Kier alpha value is -0.120. The number of nitrogens with zero attached hydrogens (tertiary/aromatic N) is 1. The number of rotatable bonds is 5. The van der Waals surface area contributed by atoms with Crippen molar-refractivity contribution in [2.45, 2.75) is 31.7 Å². The molecule has 2 heterocycles. The molecule has 82 valence electrons. The van der Waals surface area contributed by atoms with Crippen LogP contribution in [-0.4, -0.2) is 50.2 Å². The average molecular weight is 197 g/mol. The minimum Gasteiger partial charge on any atom is -0.314 e. The van der Waals surface area contributed by atoms with E-state index in [1.165, 1.54) is 65.0 Å². The van der Waals surface area contributed by atoms with Crippen LogP contribution in [0.25, 0.3) is 0 Å². The predicted molar refractivity (Wildman–Crippen MR) is 59.6 cm³/mol. The summed E-state index contributed by atoms with van der Waals surface area (Å²) in [5.41, 5.74) is 0. The lowest BCUT2D eigenvalue weighted by atomic mass is 10.1. The van der Waals surface area contributed by atoms with Gasteiger partial charge in [0, 0.05) is 19.1 Å². The predicted octanol–water partition coefficient (Wildman–Crippen LogP) is 0.424. The zero-order valence-electron chi connectivity index (χ0n) is 9.10. The van der Waals surface area contributed by atoms with Crippen molar-refractivity contribution in [1.29, 1.82) is 0 Å². The summed E-state index contributed by atoms with van der Waals surface area (Å²) in [5.74, 6) is 0. The molecule has 0 aromatic carbocycles. The first kappa shape index (κ1) is 10.4. The van der Waals surface area contributed by atoms with Crippen molar-refractivity contribution in [1.82, 2.24) is 15.5 Å². The lowest BCUT2D eigenvalue weighted by Crippen LogP contribution is -2.55. The molecule has 0 atom stereocenters. The molecule has 2 rings (SSSR count). The topological polar surface area (TPSA) is 27.3 Å². The molecule has 0 unspecified atom stereocenters. The van der Waals surface area contributed by atoms with Crippen molar-refractivity contribution in [2.24, 2.45) is 0 Å². The van der Waals surface area contributed by atoms with Crippen LogP contribution in [0.4, 0.5) is 0 Å². The van der Waals surface area contributed by atoms with E-state index in [9.17, 15) is 0 Å². The molecule has 3 heteroatoms. The van der Waals surface area contributed by atoms with Crippen LogP contribution < -0.4 is 10.6 Å². The molecule has 0 bridgehead atoms. The van der Waals surface area contributed by atoms with E-state index < -0.39 is 0 Å². The van der Waals surface area contributed by atoms with Gasteiger partial charge in [-0.05, 0) is 45.4 Å². The summed E-state index contributed by atoms with van der Waals surface area (Å²) < 4.78 is 0. The number of hydrogen-bond acceptors (Lipinski definition) is 3. The first-order chi connectivity index (χ1) is 6.95. The third-order valence-corrected chi connectivity index (χ3v) is 3.31. The highest BCUT2D eigenvalue weighted by atomic mass is 15.1. The van der Waals surface area contributed by atoms with Gasteiger partial charge in [0.25, 0.3) is 0 Å². The molecule has 0 amide bonds. The molecule has 2 N–H and O–H groups in total. The first-order valence-electron chi connectivity index (χ1n) is 6.11. The zero-order chi connectivity index (χ0) is 9.64. The molecule has 2 fully saturated rings. The van der Waals surface area contributed by atoms with Crippen molar-refractivity contribution < 1.29 is 0 Å². The van der Waals surface area contributed by atoms with E-state index >= 15 is 0 Å². The lowest BCUT2D eigenvalue weighted by molar-refractivity contribution is 0.223. The van der Waals surface area contributed by atoms with Gasteiger partial charge in [-0.15, -0.1) is 0 Å². The molecule has 3 nitrogen and oxygen atoms in total. The molecule has 0 aromatic heterocycles. The molecule has 0 aromatic rings. The molecule has 2 aliphatic rings. The third kappa shape index (κ3) is 3.23. The second kappa shape index (κ2) is 5.69. The van der Waals surface area contributed by atoms with E-state index in [0.29, 0.717) is 0 Å². The zero-order valence-corrected chi connectivity index (χ0v) is 9.10. The van der Waals surface area contributed by atoms with Crippen LogP contribution >= 0.6 is 0 Å². The molecule has 2 saturated heterocycles. The summed E-state index contributed by atoms with van der Waals surface area (Å²) >= 11 is 0. The number of nitrogens with one attached hydrogen (secondary N) is 2. The second-order valence-corrected chi connectivity index (χ2v) is 4.57. The molecule has 0 spiro atoms. The summed E-state index contributed by atoms with van der Waals surface area (Å²) in [6, 6.07) is 0.761. The SMILES string of the molecule is C1CCN(CCCNC2CNC2)CC1. The van der Waals surface area contributed by atoms with Gasteiger partial charge in [-0.25, -0.2) is 0 Å². The van der Waals surface area contributed by atoms with Gasteiger partial charge in [0.1, 0.15) is 0 Å². The van der Waals surface area contributed by atoms with E-state index in [-0.39, 0.29) is 0 Å². The van der Waals surface area contributed by atoms with Gasteiger partial charge in [-0.3, -0.25) is 0 Å². The first-order valence-corrected chi connectivity index (χ1v) is 6.11. The Morgan fingerprint density at radius 3 is 2.57 bits per heavy atom. The largest absolute Gasteiger partial charge is 0.314 e. The van der Waals surface area contributed by atoms with Gasteiger partial charge in [0.2, 0.25) is 0 Å². The van der Waals surface area contributed by atoms with Gasteiger partial charge < -0.3 is 15.5 Å². The second-order valence-electron chi connectivity index (χ2n) is 4.57. The van der Waals surface area contributed by atoms with Crippen molar-refractivity contribution >= 4 is 0 Å². The third-order valence-electron chi connectivity index (χ3n) is 3.31. The van der Waals surface area contributed by atoms with Gasteiger partial charge in [0.05, 0.1) is 0 Å². The maximum atomic E-state index is 3.57. The minimum absolute atomic E-state index is 0.761. The molecule has 0 radical (unpaired) electrons. The average Bonchev–Trinajstić information content (AvgIpc) is 2.16. The molecule has 0 aliphatic carbocycles. The van der Waals surface area contributed by atoms with Gasteiger partial charge in [-0.2, -0.15) is 0 Å². The summed E-state index contributed by atoms with van der Waals surface area (Å²) in [7, 11) is 0. The van der Waals surface area contributed by atoms with Crippen LogP contribution in [0.5, 0.6) is 0 Å². The van der Waals surface area contributed by atoms with Crippen molar-refractivity contribution in [3.63, 3.8) is 0 Å². The Morgan fingerprint density at radius 1 is 1.14 bits per heavy atom. The van der Waals surface area contributed by atoms with E-state index in [0.717, 1.165) is 6.04 Å². The quantitative estimate of drug-likeness (QED) is 0.626. The Labute approximate surface area is 87.2 Å². The molecule has 2 aliphatic heterocycles. The van der Waals surface area contributed by atoms with Crippen LogP contribution in [0.15, 0.2) is 0 Å².